The highest BCUT2D eigenvalue weighted by Gasteiger charge is 2.33. The molecular weight excluding hydrogens is 705 g/mol. The molecule has 1 fully saturated rings. The van der Waals surface area contributed by atoms with Crippen molar-refractivity contribution in [2.24, 2.45) is 17.8 Å². The summed E-state index contributed by atoms with van der Waals surface area (Å²) in [5, 5.41) is 0. The van der Waals surface area contributed by atoms with Crippen molar-refractivity contribution in [2.45, 2.75) is 133 Å². The molecule has 0 spiro atoms. The van der Waals surface area contributed by atoms with Gasteiger partial charge in [0, 0.05) is 41.4 Å². The van der Waals surface area contributed by atoms with Gasteiger partial charge in [-0.2, -0.15) is 0 Å². The van der Waals surface area contributed by atoms with E-state index in [-0.39, 0.29) is 5.92 Å². The number of allylic oxidation sites excluding steroid dienone is 22. The standard InChI is InChI=1S/C54H60N4/c1-4-13-37(14-5-1)40-23-29-44(30-24-40)52-56-53(45-31-25-41(26-32-45)38-15-6-2-7-16-38)58-54(57-52)46-33-27-43(28-34-46)50-35-47(39-17-8-3-9-18-39)36-55-51(50)49-22-12-20-42-19-10-11-21-48(42)49/h1,4-6,8,11-13,15-18,21-23,25,31,35-37,41-46H,2-3,7,9-10,14,19-20,24,26-30,32-34H2. The zero-order chi connectivity index (χ0) is 38.7. The lowest BCUT2D eigenvalue weighted by Gasteiger charge is -2.32. The highest BCUT2D eigenvalue weighted by atomic mass is 15.0. The van der Waals surface area contributed by atoms with Gasteiger partial charge in [0.2, 0.25) is 0 Å². The average Bonchev–Trinajstić information content (AvgIpc) is 3.32. The van der Waals surface area contributed by atoms with Crippen molar-refractivity contribution in [3.8, 4) is 0 Å². The second kappa shape index (κ2) is 17.3. The van der Waals surface area contributed by atoms with E-state index in [4.69, 9.17) is 19.9 Å². The van der Waals surface area contributed by atoms with Gasteiger partial charge in [-0.15, -0.1) is 0 Å². The highest BCUT2D eigenvalue weighted by molar-refractivity contribution is 5.82. The van der Waals surface area contributed by atoms with Gasteiger partial charge in [0.1, 0.15) is 17.5 Å². The van der Waals surface area contributed by atoms with Crippen molar-refractivity contribution in [1.29, 1.82) is 0 Å². The van der Waals surface area contributed by atoms with Gasteiger partial charge in [0.15, 0.2) is 0 Å². The van der Waals surface area contributed by atoms with E-state index in [9.17, 15) is 0 Å². The number of hydrogen-bond donors (Lipinski definition) is 0. The molecule has 0 aliphatic heterocycles. The van der Waals surface area contributed by atoms with Crippen LogP contribution in [0, 0.1) is 17.8 Å². The van der Waals surface area contributed by atoms with E-state index in [0.29, 0.717) is 35.5 Å². The molecule has 0 bridgehead atoms. The van der Waals surface area contributed by atoms with Crippen LogP contribution in [0.25, 0.3) is 11.1 Å². The predicted octanol–water partition coefficient (Wildman–Crippen LogP) is 13.8. The topological polar surface area (TPSA) is 51.6 Å². The number of fused-ring (bicyclic) bond motifs is 1. The monoisotopic (exact) mass is 764 g/mol. The second-order valence-electron chi connectivity index (χ2n) is 18.2. The fourth-order valence-electron chi connectivity index (χ4n) is 11.1. The summed E-state index contributed by atoms with van der Waals surface area (Å²) in [5.41, 5.74) is 11.2. The summed E-state index contributed by atoms with van der Waals surface area (Å²) >= 11 is 0. The molecule has 4 heteroatoms. The SMILES string of the molecule is C1=CCC(C2=CCC(c3nc(C4C=CC(C5=CCCC=C5)CC4)nc(C4CCC(c5cc(C6=CCCC=C6)cnc5C5=C6C=CCCC6CC=C5)CC4)n3)CC2)C=C1. The van der Waals surface area contributed by atoms with E-state index in [1.807, 2.05) is 0 Å². The predicted molar refractivity (Wildman–Crippen MR) is 239 cm³/mol. The van der Waals surface area contributed by atoms with Gasteiger partial charge in [0.25, 0.3) is 0 Å². The van der Waals surface area contributed by atoms with Crippen LogP contribution in [0.2, 0.25) is 0 Å². The first-order valence-corrected chi connectivity index (χ1v) is 23.0. The molecule has 5 unspecified atom stereocenters. The van der Waals surface area contributed by atoms with Crippen LogP contribution in [0.15, 0.2) is 132 Å². The number of hydrogen-bond acceptors (Lipinski definition) is 4. The van der Waals surface area contributed by atoms with Gasteiger partial charge >= 0.3 is 0 Å². The Morgan fingerprint density at radius 2 is 1.29 bits per heavy atom. The van der Waals surface area contributed by atoms with Gasteiger partial charge in [0.05, 0.1) is 5.69 Å². The third-order valence-electron chi connectivity index (χ3n) is 14.6. The summed E-state index contributed by atoms with van der Waals surface area (Å²) in [7, 11) is 0. The van der Waals surface area contributed by atoms with E-state index in [0.717, 1.165) is 101 Å². The molecule has 2 aromatic rings. The minimum Gasteiger partial charge on any atom is -0.255 e. The van der Waals surface area contributed by atoms with Crippen molar-refractivity contribution in [1.82, 2.24) is 19.9 Å². The molecule has 0 radical (unpaired) electrons. The molecule has 10 rings (SSSR count). The molecule has 0 saturated heterocycles. The van der Waals surface area contributed by atoms with Crippen molar-refractivity contribution in [2.75, 3.05) is 0 Å². The van der Waals surface area contributed by atoms with Crippen molar-refractivity contribution in [3.63, 3.8) is 0 Å². The molecule has 0 aromatic carbocycles. The van der Waals surface area contributed by atoms with Gasteiger partial charge in [-0.3, -0.25) is 4.98 Å². The zero-order valence-electron chi connectivity index (χ0n) is 34.3. The van der Waals surface area contributed by atoms with E-state index in [2.05, 4.69) is 116 Å². The lowest BCUT2D eigenvalue weighted by atomic mass is 9.74. The van der Waals surface area contributed by atoms with Gasteiger partial charge in [-0.05, 0) is 155 Å². The fraction of sp³-hybridized carbons (Fsp3) is 0.444. The quantitative estimate of drug-likeness (QED) is 0.251. The molecule has 1 saturated carbocycles. The first-order valence-electron chi connectivity index (χ1n) is 23.0. The van der Waals surface area contributed by atoms with Gasteiger partial charge < -0.3 is 0 Å². The molecule has 58 heavy (non-hydrogen) atoms. The van der Waals surface area contributed by atoms with Gasteiger partial charge in [-0.25, -0.2) is 15.0 Å². The van der Waals surface area contributed by atoms with E-state index >= 15 is 0 Å². The maximum absolute atomic E-state index is 5.44. The largest absolute Gasteiger partial charge is 0.255 e. The molecule has 0 N–H and O–H groups in total. The minimum atomic E-state index is 0.255. The Morgan fingerprint density at radius 3 is 2.05 bits per heavy atom. The highest BCUT2D eigenvalue weighted by Crippen LogP contribution is 2.46. The maximum atomic E-state index is 5.44. The van der Waals surface area contributed by atoms with Crippen LogP contribution in [0.5, 0.6) is 0 Å². The van der Waals surface area contributed by atoms with Crippen molar-refractivity contribution >= 4 is 11.1 Å². The first-order chi connectivity index (χ1) is 28.7. The van der Waals surface area contributed by atoms with Crippen LogP contribution >= 0.6 is 0 Å². The summed E-state index contributed by atoms with van der Waals surface area (Å²) in [4.78, 5) is 21.6. The van der Waals surface area contributed by atoms with Crippen molar-refractivity contribution < 1.29 is 0 Å². The summed E-state index contributed by atoms with van der Waals surface area (Å²) in [6, 6.07) is 2.51. The molecule has 5 atom stereocenters. The second-order valence-corrected chi connectivity index (χ2v) is 18.2. The average molecular weight is 765 g/mol. The smallest absolute Gasteiger partial charge is 0.139 e. The lowest BCUT2D eigenvalue weighted by Crippen LogP contribution is -2.21. The van der Waals surface area contributed by atoms with Crippen LogP contribution in [-0.4, -0.2) is 19.9 Å². The summed E-state index contributed by atoms with van der Waals surface area (Å²) in [6.07, 6.45) is 61.6. The molecular formula is C54H60N4. The van der Waals surface area contributed by atoms with Crippen LogP contribution in [0.1, 0.15) is 167 Å². The van der Waals surface area contributed by atoms with Crippen LogP contribution in [0.4, 0.5) is 0 Å². The van der Waals surface area contributed by atoms with E-state index in [1.54, 1.807) is 5.57 Å². The molecule has 2 aromatic heterocycles. The number of nitrogens with zero attached hydrogens (tertiary/aromatic N) is 4. The summed E-state index contributed by atoms with van der Waals surface area (Å²) in [5.74, 6) is 6.24. The Labute approximate surface area is 347 Å². The Balaban J connectivity index is 0.935. The van der Waals surface area contributed by atoms with Crippen LogP contribution in [-0.2, 0) is 0 Å². The molecule has 296 valence electrons. The van der Waals surface area contributed by atoms with Gasteiger partial charge in [-0.1, -0.05) is 109 Å². The Morgan fingerprint density at radius 1 is 0.500 bits per heavy atom. The Hall–Kier alpha value is -4.70. The van der Waals surface area contributed by atoms with E-state index < -0.39 is 0 Å². The Kier molecular flexibility index (Phi) is 11.2. The Bertz CT molecular complexity index is 2220. The number of pyridine rings is 1. The molecule has 8 aliphatic carbocycles. The fourth-order valence-corrected chi connectivity index (χ4v) is 11.1. The molecule has 2 heterocycles. The summed E-state index contributed by atoms with van der Waals surface area (Å²) in [6.45, 7) is 0. The third kappa shape index (κ3) is 8.01. The number of aromatic nitrogens is 4. The zero-order valence-corrected chi connectivity index (χ0v) is 34.3. The molecule has 8 aliphatic rings. The van der Waals surface area contributed by atoms with Crippen LogP contribution in [0.3, 0.4) is 0 Å². The number of rotatable bonds is 8. The first kappa shape index (κ1) is 37.6. The minimum absolute atomic E-state index is 0.255. The molecule has 4 nitrogen and oxygen atoms in total. The third-order valence-corrected chi connectivity index (χ3v) is 14.6. The normalized spacial score (nSPS) is 30.6. The maximum Gasteiger partial charge on any atom is 0.139 e. The van der Waals surface area contributed by atoms with E-state index in [1.165, 1.54) is 64.8 Å². The summed E-state index contributed by atoms with van der Waals surface area (Å²) < 4.78 is 0. The molecule has 0 amide bonds. The van der Waals surface area contributed by atoms with Crippen molar-refractivity contribution in [3.05, 3.63) is 167 Å². The van der Waals surface area contributed by atoms with Crippen LogP contribution < -0.4 is 0 Å². The lowest BCUT2D eigenvalue weighted by molar-refractivity contribution is 0.379.